The average Bonchev–Trinajstić information content (AvgIpc) is 2.56. The van der Waals surface area contributed by atoms with Crippen LogP contribution in [0.3, 0.4) is 0 Å². The Balaban J connectivity index is 1.78. The maximum absolute atomic E-state index is 12.1. The van der Waals surface area contributed by atoms with Crippen molar-refractivity contribution in [2.45, 2.75) is 44.0 Å². The second kappa shape index (κ2) is 8.78. The Labute approximate surface area is 146 Å². The third-order valence-corrected chi connectivity index (χ3v) is 5.02. The Morgan fingerprint density at radius 2 is 1.71 bits per heavy atom. The van der Waals surface area contributed by atoms with Crippen molar-refractivity contribution < 1.29 is 9.00 Å². The number of aryl methyl sites for hydroxylation is 2. The van der Waals surface area contributed by atoms with Gasteiger partial charge in [-0.2, -0.15) is 0 Å². The normalized spacial score (nSPS) is 13.3. The largest absolute Gasteiger partial charge is 0.350 e. The van der Waals surface area contributed by atoms with Crippen LogP contribution >= 0.6 is 0 Å². The zero-order valence-corrected chi connectivity index (χ0v) is 15.4. The molecule has 2 rings (SSSR count). The van der Waals surface area contributed by atoms with Crippen LogP contribution in [0.2, 0.25) is 0 Å². The van der Waals surface area contributed by atoms with Gasteiger partial charge in [-0.15, -0.1) is 0 Å². The Kier molecular flexibility index (Phi) is 6.73. The monoisotopic (exact) mass is 343 g/mol. The Morgan fingerprint density at radius 1 is 1.08 bits per heavy atom. The predicted octanol–water partition coefficient (Wildman–Crippen LogP) is 3.93. The molecule has 0 aliphatic heterocycles. The lowest BCUT2D eigenvalue weighted by Crippen LogP contribution is -2.26. The first-order chi connectivity index (χ1) is 11.5. The number of carbonyl (C=O) groups excluding carboxylic acids is 1. The highest BCUT2D eigenvalue weighted by Crippen LogP contribution is 2.15. The van der Waals surface area contributed by atoms with E-state index in [-0.39, 0.29) is 11.9 Å². The second-order valence-corrected chi connectivity index (χ2v) is 7.53. The minimum Gasteiger partial charge on any atom is -0.350 e. The van der Waals surface area contributed by atoms with Gasteiger partial charge in [0, 0.05) is 28.4 Å². The lowest BCUT2D eigenvalue weighted by atomic mass is 10.1. The Morgan fingerprint density at radius 3 is 2.29 bits per heavy atom. The summed E-state index contributed by atoms with van der Waals surface area (Å²) in [5, 5.41) is 3.03. The van der Waals surface area contributed by atoms with Crippen molar-refractivity contribution in [3.8, 4) is 0 Å². The lowest BCUT2D eigenvalue weighted by molar-refractivity contribution is -0.121. The van der Waals surface area contributed by atoms with Crippen LogP contribution in [0.15, 0.2) is 53.4 Å². The highest BCUT2D eigenvalue weighted by atomic mass is 32.2. The van der Waals surface area contributed by atoms with Gasteiger partial charge in [-0.3, -0.25) is 9.00 Å². The molecule has 0 aromatic heterocycles. The summed E-state index contributed by atoms with van der Waals surface area (Å²) in [6, 6.07) is 16.0. The van der Waals surface area contributed by atoms with E-state index >= 15 is 0 Å². The van der Waals surface area contributed by atoms with E-state index in [0.29, 0.717) is 6.42 Å². The van der Waals surface area contributed by atoms with Gasteiger partial charge in [0.1, 0.15) is 0 Å². The lowest BCUT2D eigenvalue weighted by Gasteiger charge is -2.14. The molecule has 0 saturated carbocycles. The average molecular weight is 343 g/mol. The summed E-state index contributed by atoms with van der Waals surface area (Å²) >= 11 is 0. The molecule has 0 heterocycles. The summed E-state index contributed by atoms with van der Waals surface area (Å²) in [6.07, 6.45) is 3.94. The molecule has 2 atom stereocenters. The summed E-state index contributed by atoms with van der Waals surface area (Å²) in [5.41, 5.74) is 3.55. The number of rotatable bonds is 7. The van der Waals surface area contributed by atoms with Crippen molar-refractivity contribution in [2.75, 3.05) is 6.26 Å². The fraction of sp³-hybridized carbons (Fsp3) is 0.350. The van der Waals surface area contributed by atoms with E-state index in [1.807, 2.05) is 31.2 Å². The molecule has 0 saturated heterocycles. The van der Waals surface area contributed by atoms with Gasteiger partial charge < -0.3 is 5.32 Å². The number of amides is 1. The molecular weight excluding hydrogens is 318 g/mol. The van der Waals surface area contributed by atoms with Crippen LogP contribution in [-0.4, -0.2) is 16.4 Å². The molecule has 0 spiro atoms. The zero-order chi connectivity index (χ0) is 17.5. The van der Waals surface area contributed by atoms with Gasteiger partial charge in [0.15, 0.2) is 0 Å². The third-order valence-electron chi connectivity index (χ3n) is 4.08. The van der Waals surface area contributed by atoms with E-state index in [4.69, 9.17) is 0 Å². The summed E-state index contributed by atoms with van der Waals surface area (Å²) in [4.78, 5) is 12.9. The van der Waals surface area contributed by atoms with E-state index in [9.17, 15) is 9.00 Å². The first-order valence-corrected chi connectivity index (χ1v) is 9.80. The van der Waals surface area contributed by atoms with Crippen LogP contribution in [-0.2, 0) is 22.0 Å². The molecule has 0 bridgehead atoms. The maximum atomic E-state index is 12.1. The number of nitrogens with one attached hydrogen (secondary N) is 1. The molecule has 4 heteroatoms. The van der Waals surface area contributed by atoms with Gasteiger partial charge in [-0.05, 0) is 49.9 Å². The summed E-state index contributed by atoms with van der Waals surface area (Å²) in [7, 11) is -0.973. The van der Waals surface area contributed by atoms with E-state index in [0.717, 1.165) is 23.3 Å². The number of carbonyl (C=O) groups is 1. The molecule has 1 amide bonds. The van der Waals surface area contributed by atoms with Gasteiger partial charge in [-0.1, -0.05) is 42.0 Å². The van der Waals surface area contributed by atoms with Crippen molar-refractivity contribution in [2.24, 2.45) is 0 Å². The Bertz CT molecular complexity index is 693. The fourth-order valence-electron chi connectivity index (χ4n) is 2.55. The van der Waals surface area contributed by atoms with E-state index in [1.54, 1.807) is 6.26 Å². The van der Waals surface area contributed by atoms with Gasteiger partial charge in [0.25, 0.3) is 0 Å². The molecule has 0 radical (unpaired) electrons. The quantitative estimate of drug-likeness (QED) is 0.828. The van der Waals surface area contributed by atoms with Crippen molar-refractivity contribution in [1.82, 2.24) is 5.32 Å². The third kappa shape index (κ3) is 5.60. The maximum Gasteiger partial charge on any atom is 0.220 e. The molecular formula is C20H25NO2S. The molecule has 24 heavy (non-hydrogen) atoms. The minimum atomic E-state index is -0.973. The molecule has 128 valence electrons. The van der Waals surface area contributed by atoms with Crippen molar-refractivity contribution in [3.63, 3.8) is 0 Å². The van der Waals surface area contributed by atoms with E-state index in [2.05, 4.69) is 36.5 Å². The predicted molar refractivity (Wildman–Crippen MR) is 99.4 cm³/mol. The van der Waals surface area contributed by atoms with Crippen molar-refractivity contribution >= 4 is 16.7 Å². The minimum absolute atomic E-state index is 0.0452. The number of benzene rings is 2. The van der Waals surface area contributed by atoms with E-state index < -0.39 is 10.8 Å². The van der Waals surface area contributed by atoms with Crippen molar-refractivity contribution in [3.05, 3.63) is 65.2 Å². The zero-order valence-electron chi connectivity index (χ0n) is 14.5. The first-order valence-electron chi connectivity index (χ1n) is 8.24. The molecule has 0 fully saturated rings. The van der Waals surface area contributed by atoms with Crippen LogP contribution in [0.5, 0.6) is 0 Å². The molecule has 0 aliphatic carbocycles. The van der Waals surface area contributed by atoms with Crippen LogP contribution < -0.4 is 5.32 Å². The van der Waals surface area contributed by atoms with Gasteiger partial charge in [0.05, 0.1) is 6.04 Å². The molecule has 0 unspecified atom stereocenters. The number of hydrogen-bond donors (Lipinski definition) is 1. The fourth-order valence-corrected chi connectivity index (χ4v) is 3.07. The highest BCUT2D eigenvalue weighted by Gasteiger charge is 2.10. The highest BCUT2D eigenvalue weighted by molar-refractivity contribution is 7.84. The molecule has 2 aromatic rings. The summed E-state index contributed by atoms with van der Waals surface area (Å²) in [6.45, 7) is 4.04. The number of hydrogen-bond acceptors (Lipinski definition) is 2. The standard InChI is InChI=1S/C20H25NO2S/c1-15-7-9-17(10-8-15)5-4-6-20(22)21-16(2)18-11-13-19(14-12-18)24(3)23/h7-14,16H,4-6H2,1-3H3,(H,21,22)/t16-,24+/m1/s1. The van der Waals surface area contributed by atoms with Gasteiger partial charge >= 0.3 is 0 Å². The second-order valence-electron chi connectivity index (χ2n) is 6.15. The molecule has 3 nitrogen and oxygen atoms in total. The SMILES string of the molecule is Cc1ccc(CCCC(=O)N[C@H](C)c2ccc([S@](C)=O)cc2)cc1. The summed E-state index contributed by atoms with van der Waals surface area (Å²) < 4.78 is 11.4. The van der Waals surface area contributed by atoms with Crippen molar-refractivity contribution in [1.29, 1.82) is 0 Å². The van der Waals surface area contributed by atoms with Crippen LogP contribution in [0.4, 0.5) is 0 Å². The van der Waals surface area contributed by atoms with Crippen LogP contribution in [0, 0.1) is 6.92 Å². The van der Waals surface area contributed by atoms with Crippen LogP contribution in [0.25, 0.3) is 0 Å². The van der Waals surface area contributed by atoms with Gasteiger partial charge in [0.2, 0.25) is 5.91 Å². The topological polar surface area (TPSA) is 46.2 Å². The molecule has 2 aromatic carbocycles. The van der Waals surface area contributed by atoms with Crippen LogP contribution in [0.1, 0.15) is 42.5 Å². The summed E-state index contributed by atoms with van der Waals surface area (Å²) in [5.74, 6) is 0.0674. The molecule has 1 N–H and O–H groups in total. The molecule has 0 aliphatic rings. The van der Waals surface area contributed by atoms with E-state index in [1.165, 1.54) is 11.1 Å². The smallest absolute Gasteiger partial charge is 0.220 e. The Hall–Kier alpha value is -1.94. The van der Waals surface area contributed by atoms with Gasteiger partial charge in [-0.25, -0.2) is 0 Å². The first kappa shape index (κ1) is 18.4.